The van der Waals surface area contributed by atoms with Crippen molar-refractivity contribution in [3.05, 3.63) is 29.8 Å². The van der Waals surface area contributed by atoms with Gasteiger partial charge in [-0.2, -0.15) is 13.2 Å². The Kier molecular flexibility index (Phi) is 5.26. The molecule has 3 amide bonds. The zero-order valence-electron chi connectivity index (χ0n) is 16.7. The van der Waals surface area contributed by atoms with Crippen LogP contribution in [0.5, 0.6) is 0 Å². The predicted molar refractivity (Wildman–Crippen MR) is 101 cm³/mol. The number of amides is 3. The summed E-state index contributed by atoms with van der Waals surface area (Å²) in [5.74, 6) is -1.24. The largest absolute Gasteiger partial charge is 0.418 e. The van der Waals surface area contributed by atoms with E-state index in [0.717, 1.165) is 6.07 Å². The molecule has 1 heterocycles. The van der Waals surface area contributed by atoms with Crippen molar-refractivity contribution in [3.63, 3.8) is 0 Å². The molecule has 29 heavy (non-hydrogen) atoms. The van der Waals surface area contributed by atoms with Crippen LogP contribution in [0, 0.1) is 16.7 Å². The van der Waals surface area contributed by atoms with E-state index in [0.29, 0.717) is 12.8 Å². The van der Waals surface area contributed by atoms with Gasteiger partial charge < -0.3 is 5.32 Å². The second-order valence-corrected chi connectivity index (χ2v) is 8.64. The van der Waals surface area contributed by atoms with E-state index in [1.54, 1.807) is 0 Å². The zero-order chi connectivity index (χ0) is 21.6. The maximum absolute atomic E-state index is 13.0. The number of carbonyl (C=O) groups is 3. The molecule has 2 unspecified atom stereocenters. The summed E-state index contributed by atoms with van der Waals surface area (Å²) in [6.07, 6.45) is -3.15. The fraction of sp³-hybridized carbons (Fsp3) is 0.571. The summed E-state index contributed by atoms with van der Waals surface area (Å²) in [6.45, 7) is 5.87. The van der Waals surface area contributed by atoms with Crippen LogP contribution in [0.2, 0.25) is 0 Å². The fourth-order valence-corrected chi connectivity index (χ4v) is 4.56. The number of carbonyl (C=O) groups excluding carboxylic acids is 3. The molecule has 1 saturated heterocycles. The average Bonchev–Trinajstić information content (AvgIpc) is 2.81. The van der Waals surface area contributed by atoms with E-state index >= 15 is 0 Å². The van der Waals surface area contributed by atoms with Crippen molar-refractivity contribution in [2.75, 3.05) is 11.9 Å². The van der Waals surface area contributed by atoms with Crippen molar-refractivity contribution < 1.29 is 27.6 Å². The molecule has 3 rings (SSSR count). The standard InChI is InChI=1S/C21H25F3N2O3/c1-19(2)14-10-11-20(19,3)18(29)26(17(14)28)12-6-9-16(27)25-15-8-5-4-7-13(15)21(22,23)24/h4-5,7-8,14H,6,9-12H2,1-3H3,(H,25,27). The lowest BCUT2D eigenvalue weighted by Crippen LogP contribution is -2.59. The van der Waals surface area contributed by atoms with Gasteiger partial charge in [0, 0.05) is 18.9 Å². The van der Waals surface area contributed by atoms with Crippen LogP contribution in [0.3, 0.4) is 0 Å². The molecule has 1 aromatic rings. The van der Waals surface area contributed by atoms with E-state index in [1.807, 2.05) is 20.8 Å². The van der Waals surface area contributed by atoms with Crippen LogP contribution in [0.25, 0.3) is 0 Å². The Morgan fingerprint density at radius 2 is 1.86 bits per heavy atom. The molecule has 8 heteroatoms. The first-order valence-electron chi connectivity index (χ1n) is 9.71. The van der Waals surface area contributed by atoms with Crippen LogP contribution in [0.15, 0.2) is 24.3 Å². The third-order valence-electron chi connectivity index (χ3n) is 6.80. The summed E-state index contributed by atoms with van der Waals surface area (Å²) in [4.78, 5) is 39.1. The smallest absolute Gasteiger partial charge is 0.326 e. The molecule has 1 N–H and O–H groups in total. The molecular weight excluding hydrogens is 385 g/mol. The maximum atomic E-state index is 13.0. The Morgan fingerprint density at radius 3 is 2.52 bits per heavy atom. The van der Waals surface area contributed by atoms with Crippen molar-refractivity contribution in [1.82, 2.24) is 4.90 Å². The molecule has 1 saturated carbocycles. The van der Waals surface area contributed by atoms with Gasteiger partial charge in [-0.3, -0.25) is 19.3 Å². The SMILES string of the molecule is CC12CCC(C(=O)N(CCCC(=O)Nc3ccccc3C(F)(F)F)C1=O)C2(C)C. The van der Waals surface area contributed by atoms with E-state index in [9.17, 15) is 27.6 Å². The van der Waals surface area contributed by atoms with Crippen molar-refractivity contribution in [2.24, 2.45) is 16.7 Å². The molecule has 1 aromatic carbocycles. The number of benzene rings is 1. The summed E-state index contributed by atoms with van der Waals surface area (Å²) in [6, 6.07) is 4.76. The number of halogens is 3. The molecule has 2 atom stereocenters. The first-order valence-corrected chi connectivity index (χ1v) is 9.71. The van der Waals surface area contributed by atoms with E-state index in [1.165, 1.54) is 23.1 Å². The van der Waals surface area contributed by atoms with Crippen molar-refractivity contribution in [2.45, 2.75) is 52.6 Å². The van der Waals surface area contributed by atoms with Crippen molar-refractivity contribution >= 4 is 23.4 Å². The summed E-state index contributed by atoms with van der Waals surface area (Å²) in [7, 11) is 0. The van der Waals surface area contributed by atoms with Crippen molar-refractivity contribution in [1.29, 1.82) is 0 Å². The number of likely N-dealkylation sites (tertiary alicyclic amines) is 1. The van der Waals surface area contributed by atoms with Crippen LogP contribution >= 0.6 is 0 Å². The van der Waals surface area contributed by atoms with E-state index in [-0.39, 0.29) is 42.8 Å². The third-order valence-corrected chi connectivity index (χ3v) is 6.80. The van der Waals surface area contributed by atoms with E-state index < -0.39 is 28.5 Å². The number of anilines is 1. The highest BCUT2D eigenvalue weighted by atomic mass is 19.4. The van der Waals surface area contributed by atoms with Crippen LogP contribution in [-0.4, -0.2) is 29.2 Å². The first-order chi connectivity index (χ1) is 13.4. The lowest BCUT2D eigenvalue weighted by Gasteiger charge is -2.47. The van der Waals surface area contributed by atoms with Gasteiger partial charge in [0.15, 0.2) is 0 Å². The van der Waals surface area contributed by atoms with Gasteiger partial charge in [-0.25, -0.2) is 0 Å². The fourth-order valence-electron chi connectivity index (χ4n) is 4.56. The molecular formula is C21H25F3N2O3. The van der Waals surface area contributed by atoms with Crippen LogP contribution in [0.1, 0.15) is 52.0 Å². The Bertz CT molecular complexity index is 850. The number of alkyl halides is 3. The monoisotopic (exact) mass is 410 g/mol. The van der Waals surface area contributed by atoms with Gasteiger partial charge in [0.1, 0.15) is 0 Å². The first kappa shape index (κ1) is 21.3. The normalized spacial score (nSPS) is 26.0. The Hall–Kier alpha value is -2.38. The van der Waals surface area contributed by atoms with Gasteiger partial charge in [-0.1, -0.05) is 32.9 Å². The number of nitrogens with zero attached hydrogens (tertiary/aromatic N) is 1. The molecule has 1 aliphatic heterocycles. The minimum absolute atomic E-state index is 0.0893. The molecule has 5 nitrogen and oxygen atoms in total. The van der Waals surface area contributed by atoms with Crippen LogP contribution in [0.4, 0.5) is 18.9 Å². The average molecular weight is 410 g/mol. The topological polar surface area (TPSA) is 66.5 Å². The molecule has 0 radical (unpaired) electrons. The number of piperidine rings is 1. The Morgan fingerprint density at radius 1 is 1.21 bits per heavy atom. The Balaban J connectivity index is 1.61. The molecule has 0 aromatic heterocycles. The highest BCUT2D eigenvalue weighted by molar-refractivity contribution is 6.03. The number of nitrogens with one attached hydrogen (secondary N) is 1. The summed E-state index contributed by atoms with van der Waals surface area (Å²) in [5.41, 5.74) is -2.24. The third kappa shape index (κ3) is 3.53. The molecule has 2 aliphatic rings. The Labute approximate surface area is 167 Å². The molecule has 2 fully saturated rings. The van der Waals surface area contributed by atoms with E-state index in [4.69, 9.17) is 0 Å². The second kappa shape index (κ2) is 7.15. The number of hydrogen-bond acceptors (Lipinski definition) is 3. The molecule has 0 spiro atoms. The predicted octanol–water partition coefficient (Wildman–Crippen LogP) is 4.24. The molecule has 2 bridgehead atoms. The zero-order valence-corrected chi connectivity index (χ0v) is 16.7. The molecule has 158 valence electrons. The summed E-state index contributed by atoms with van der Waals surface area (Å²) in [5, 5.41) is 2.28. The van der Waals surface area contributed by atoms with Gasteiger partial charge in [-0.05, 0) is 36.8 Å². The van der Waals surface area contributed by atoms with Gasteiger partial charge in [0.25, 0.3) is 0 Å². The second-order valence-electron chi connectivity index (χ2n) is 8.64. The molecule has 1 aliphatic carbocycles. The lowest BCUT2D eigenvalue weighted by atomic mass is 9.62. The van der Waals surface area contributed by atoms with Crippen molar-refractivity contribution in [3.8, 4) is 0 Å². The number of imide groups is 1. The maximum Gasteiger partial charge on any atom is 0.418 e. The number of para-hydroxylation sites is 1. The minimum atomic E-state index is -4.57. The van der Waals surface area contributed by atoms with E-state index in [2.05, 4.69) is 5.32 Å². The van der Waals surface area contributed by atoms with Gasteiger partial charge >= 0.3 is 6.18 Å². The summed E-state index contributed by atoms with van der Waals surface area (Å²) >= 11 is 0. The number of rotatable bonds is 5. The number of hydrogen-bond donors (Lipinski definition) is 1. The minimum Gasteiger partial charge on any atom is -0.326 e. The summed E-state index contributed by atoms with van der Waals surface area (Å²) < 4.78 is 39.1. The highest BCUT2D eigenvalue weighted by Gasteiger charge is 2.64. The van der Waals surface area contributed by atoms with Gasteiger partial charge in [-0.15, -0.1) is 0 Å². The van der Waals surface area contributed by atoms with Gasteiger partial charge in [0.2, 0.25) is 17.7 Å². The van der Waals surface area contributed by atoms with Gasteiger partial charge in [0.05, 0.1) is 16.7 Å². The highest BCUT2D eigenvalue weighted by Crippen LogP contribution is 2.60. The quantitative estimate of drug-likeness (QED) is 0.739. The number of fused-ring (bicyclic) bond motifs is 2. The lowest BCUT2D eigenvalue weighted by molar-refractivity contribution is -0.168. The van der Waals surface area contributed by atoms with Crippen LogP contribution in [-0.2, 0) is 20.6 Å². The van der Waals surface area contributed by atoms with Crippen LogP contribution < -0.4 is 5.32 Å².